The lowest BCUT2D eigenvalue weighted by Gasteiger charge is -2.23. The molecule has 1 saturated heterocycles. The number of morpholine rings is 1. The molecular weight excluding hydrogens is 296 g/mol. The van der Waals surface area contributed by atoms with Crippen LogP contribution in [0.15, 0.2) is 18.2 Å². The second-order valence-corrected chi connectivity index (χ2v) is 5.65. The van der Waals surface area contributed by atoms with E-state index in [-0.39, 0.29) is 18.0 Å². The second kappa shape index (κ2) is 6.97. The molecule has 0 bridgehead atoms. The fourth-order valence-corrected chi connectivity index (χ4v) is 2.88. The number of nitrogens with zero attached hydrogens (tertiary/aromatic N) is 1. The van der Waals surface area contributed by atoms with Crippen LogP contribution in [0.5, 0.6) is 0 Å². The molecule has 0 spiro atoms. The molecule has 1 fully saturated rings. The Morgan fingerprint density at radius 1 is 1.43 bits per heavy atom. The van der Waals surface area contributed by atoms with Gasteiger partial charge in [-0.25, -0.2) is 4.79 Å². The van der Waals surface area contributed by atoms with E-state index in [1.54, 1.807) is 4.90 Å². The Morgan fingerprint density at radius 2 is 2.30 bits per heavy atom. The molecule has 0 aromatic heterocycles. The van der Waals surface area contributed by atoms with Gasteiger partial charge in [0.1, 0.15) is 6.04 Å². The standard InChI is InChI=1S/C16H22N4O3/c1-2-17-16(22)20-7-5-11-3-4-12(9-14(11)20)19-15(21)13-10-23-8-6-18-13/h3-4,9,13,18H,2,5-8,10H2,1H3,(H,17,22)(H,19,21). The van der Waals surface area contributed by atoms with E-state index < -0.39 is 0 Å². The first-order chi connectivity index (χ1) is 11.2. The summed E-state index contributed by atoms with van der Waals surface area (Å²) in [4.78, 5) is 26.0. The lowest BCUT2D eigenvalue weighted by Crippen LogP contribution is -2.48. The summed E-state index contributed by atoms with van der Waals surface area (Å²) in [5.74, 6) is -0.118. The SMILES string of the molecule is CCNC(=O)N1CCc2ccc(NC(=O)C3COCCN3)cc21. The molecule has 124 valence electrons. The number of rotatable bonds is 3. The molecule has 2 aliphatic heterocycles. The largest absolute Gasteiger partial charge is 0.378 e. The van der Waals surface area contributed by atoms with Crippen LogP contribution < -0.4 is 20.9 Å². The number of carbonyl (C=O) groups excluding carboxylic acids is 2. The number of hydrogen-bond acceptors (Lipinski definition) is 4. The van der Waals surface area contributed by atoms with Gasteiger partial charge in [-0.3, -0.25) is 9.69 Å². The lowest BCUT2D eigenvalue weighted by atomic mass is 10.1. The Bertz CT molecular complexity index is 599. The smallest absolute Gasteiger partial charge is 0.321 e. The van der Waals surface area contributed by atoms with E-state index in [0.29, 0.717) is 38.5 Å². The van der Waals surface area contributed by atoms with Crippen LogP contribution in [0, 0.1) is 0 Å². The molecule has 1 aromatic carbocycles. The number of fused-ring (bicyclic) bond motifs is 1. The van der Waals surface area contributed by atoms with Crippen LogP contribution in [0.1, 0.15) is 12.5 Å². The van der Waals surface area contributed by atoms with Crippen LogP contribution in [0.2, 0.25) is 0 Å². The van der Waals surface area contributed by atoms with Crippen LogP contribution in [0.4, 0.5) is 16.2 Å². The van der Waals surface area contributed by atoms with Crippen LogP contribution >= 0.6 is 0 Å². The summed E-state index contributed by atoms with van der Waals surface area (Å²) >= 11 is 0. The molecule has 0 radical (unpaired) electrons. The minimum atomic E-state index is -0.337. The van der Waals surface area contributed by atoms with Gasteiger partial charge in [-0.05, 0) is 31.0 Å². The van der Waals surface area contributed by atoms with Crippen LogP contribution in [-0.2, 0) is 16.0 Å². The number of nitrogens with one attached hydrogen (secondary N) is 3. The van der Waals surface area contributed by atoms with E-state index in [9.17, 15) is 9.59 Å². The zero-order chi connectivity index (χ0) is 16.2. The highest BCUT2D eigenvalue weighted by molar-refractivity contribution is 5.98. The number of carbonyl (C=O) groups is 2. The molecular formula is C16H22N4O3. The minimum Gasteiger partial charge on any atom is -0.378 e. The minimum absolute atomic E-state index is 0.0999. The summed E-state index contributed by atoms with van der Waals surface area (Å²) in [6.07, 6.45) is 0.832. The highest BCUT2D eigenvalue weighted by Gasteiger charge is 2.26. The molecule has 7 heteroatoms. The molecule has 3 amide bonds. The summed E-state index contributed by atoms with van der Waals surface area (Å²) in [7, 11) is 0. The van der Waals surface area contributed by atoms with Gasteiger partial charge in [0.15, 0.2) is 0 Å². The van der Waals surface area contributed by atoms with Crippen molar-refractivity contribution in [2.24, 2.45) is 0 Å². The van der Waals surface area contributed by atoms with Crippen molar-refractivity contribution in [1.82, 2.24) is 10.6 Å². The van der Waals surface area contributed by atoms with Gasteiger partial charge in [0.05, 0.1) is 18.9 Å². The number of benzene rings is 1. The van der Waals surface area contributed by atoms with E-state index in [0.717, 1.165) is 17.7 Å². The van der Waals surface area contributed by atoms with E-state index in [1.807, 2.05) is 25.1 Å². The summed E-state index contributed by atoms with van der Waals surface area (Å²) < 4.78 is 5.31. The highest BCUT2D eigenvalue weighted by Crippen LogP contribution is 2.30. The monoisotopic (exact) mass is 318 g/mol. The van der Waals surface area contributed by atoms with Gasteiger partial charge in [-0.15, -0.1) is 0 Å². The summed E-state index contributed by atoms with van der Waals surface area (Å²) in [6.45, 7) is 4.83. The quantitative estimate of drug-likeness (QED) is 0.766. The molecule has 3 N–H and O–H groups in total. The van der Waals surface area contributed by atoms with Crippen molar-refractivity contribution >= 4 is 23.3 Å². The van der Waals surface area contributed by atoms with E-state index in [4.69, 9.17) is 4.74 Å². The Labute approximate surface area is 135 Å². The predicted molar refractivity (Wildman–Crippen MR) is 87.8 cm³/mol. The van der Waals surface area contributed by atoms with E-state index in [1.165, 1.54) is 0 Å². The van der Waals surface area contributed by atoms with Crippen molar-refractivity contribution in [1.29, 1.82) is 0 Å². The number of urea groups is 1. The first-order valence-electron chi connectivity index (χ1n) is 7.99. The van der Waals surface area contributed by atoms with Gasteiger partial charge < -0.3 is 20.7 Å². The van der Waals surface area contributed by atoms with Crippen LogP contribution in [0.3, 0.4) is 0 Å². The number of anilines is 2. The Morgan fingerprint density at radius 3 is 3.04 bits per heavy atom. The van der Waals surface area contributed by atoms with Gasteiger partial charge >= 0.3 is 6.03 Å². The summed E-state index contributed by atoms with van der Waals surface area (Å²) in [5, 5.41) is 8.83. The topological polar surface area (TPSA) is 82.7 Å². The first kappa shape index (κ1) is 15.8. The van der Waals surface area contributed by atoms with Crippen molar-refractivity contribution in [3.63, 3.8) is 0 Å². The van der Waals surface area contributed by atoms with Crippen molar-refractivity contribution in [3.8, 4) is 0 Å². The number of hydrogen-bond donors (Lipinski definition) is 3. The lowest BCUT2D eigenvalue weighted by molar-refractivity contribution is -0.120. The van der Waals surface area contributed by atoms with Crippen molar-refractivity contribution in [3.05, 3.63) is 23.8 Å². The number of amides is 3. The molecule has 2 heterocycles. The van der Waals surface area contributed by atoms with Gasteiger partial charge in [0, 0.05) is 25.3 Å². The Hall–Kier alpha value is -2.12. The zero-order valence-electron chi connectivity index (χ0n) is 13.2. The zero-order valence-corrected chi connectivity index (χ0v) is 13.2. The Balaban J connectivity index is 1.71. The van der Waals surface area contributed by atoms with Gasteiger partial charge in [0.2, 0.25) is 5.91 Å². The molecule has 0 saturated carbocycles. The third-order valence-electron chi connectivity index (χ3n) is 4.06. The third kappa shape index (κ3) is 3.46. The van der Waals surface area contributed by atoms with Crippen LogP contribution in [0.25, 0.3) is 0 Å². The molecule has 1 aromatic rings. The van der Waals surface area contributed by atoms with Gasteiger partial charge in [-0.1, -0.05) is 6.07 Å². The van der Waals surface area contributed by atoms with Crippen LogP contribution in [-0.4, -0.2) is 50.8 Å². The fourth-order valence-electron chi connectivity index (χ4n) is 2.88. The maximum Gasteiger partial charge on any atom is 0.321 e. The van der Waals surface area contributed by atoms with Crippen molar-refractivity contribution in [2.75, 3.05) is 43.1 Å². The maximum atomic E-state index is 12.2. The van der Waals surface area contributed by atoms with E-state index >= 15 is 0 Å². The molecule has 2 aliphatic rings. The summed E-state index contributed by atoms with van der Waals surface area (Å²) in [6, 6.07) is 5.27. The van der Waals surface area contributed by atoms with E-state index in [2.05, 4.69) is 16.0 Å². The molecule has 1 unspecified atom stereocenters. The normalized spacial score (nSPS) is 20.0. The fraction of sp³-hybridized carbons (Fsp3) is 0.500. The van der Waals surface area contributed by atoms with Gasteiger partial charge in [0.25, 0.3) is 0 Å². The molecule has 1 atom stereocenters. The second-order valence-electron chi connectivity index (χ2n) is 5.65. The highest BCUT2D eigenvalue weighted by atomic mass is 16.5. The third-order valence-corrected chi connectivity index (χ3v) is 4.06. The molecule has 3 rings (SSSR count). The van der Waals surface area contributed by atoms with Crippen molar-refractivity contribution in [2.45, 2.75) is 19.4 Å². The number of ether oxygens (including phenoxy) is 1. The maximum absolute atomic E-state index is 12.2. The van der Waals surface area contributed by atoms with Crippen molar-refractivity contribution < 1.29 is 14.3 Å². The molecule has 23 heavy (non-hydrogen) atoms. The Kier molecular flexibility index (Phi) is 4.78. The predicted octanol–water partition coefficient (Wildman–Crippen LogP) is 0.706. The average Bonchev–Trinajstić information content (AvgIpc) is 2.99. The summed E-state index contributed by atoms with van der Waals surface area (Å²) in [5.41, 5.74) is 2.67. The molecule has 7 nitrogen and oxygen atoms in total. The van der Waals surface area contributed by atoms with Gasteiger partial charge in [-0.2, -0.15) is 0 Å². The first-order valence-corrected chi connectivity index (χ1v) is 7.99. The molecule has 0 aliphatic carbocycles. The average molecular weight is 318 g/mol.